The van der Waals surface area contributed by atoms with Gasteiger partial charge >= 0.3 is 5.97 Å². The number of aromatic nitrogens is 2. The number of carbonyl (C=O) groups is 1. The average Bonchev–Trinajstić information content (AvgIpc) is 2.61. The molecule has 27 heavy (non-hydrogen) atoms. The van der Waals surface area contributed by atoms with Gasteiger partial charge in [-0.2, -0.15) is 0 Å². The highest BCUT2D eigenvalue weighted by Gasteiger charge is 2.27. The number of halogens is 1. The Labute approximate surface area is 160 Å². The van der Waals surface area contributed by atoms with E-state index in [1.165, 1.54) is 13.3 Å². The molecule has 0 radical (unpaired) electrons. The van der Waals surface area contributed by atoms with Crippen molar-refractivity contribution in [3.8, 4) is 0 Å². The molecule has 0 atom stereocenters. The summed E-state index contributed by atoms with van der Waals surface area (Å²) < 4.78 is 24.2. The molecule has 7 heteroatoms. The molecule has 0 amide bonds. The van der Waals surface area contributed by atoms with Gasteiger partial charge < -0.3 is 14.8 Å². The summed E-state index contributed by atoms with van der Waals surface area (Å²) in [5.74, 6) is 0.0584. The molecule has 0 spiro atoms. The van der Waals surface area contributed by atoms with Crippen LogP contribution in [0.5, 0.6) is 0 Å². The number of allylic oxidation sites excluding steroid dienone is 2. The number of rotatable bonds is 6. The van der Waals surface area contributed by atoms with Crippen LogP contribution in [0.2, 0.25) is 0 Å². The van der Waals surface area contributed by atoms with Crippen LogP contribution in [0.25, 0.3) is 5.57 Å². The minimum absolute atomic E-state index is 0. The molecule has 1 N–H and O–H groups in total. The summed E-state index contributed by atoms with van der Waals surface area (Å²) in [5, 5.41) is 3.27. The molecule has 1 aromatic rings. The minimum atomic E-state index is -0.457. The van der Waals surface area contributed by atoms with Gasteiger partial charge in [0.1, 0.15) is 5.69 Å². The van der Waals surface area contributed by atoms with E-state index in [1.54, 1.807) is 0 Å². The van der Waals surface area contributed by atoms with Gasteiger partial charge in [0.25, 0.3) is 0 Å². The maximum absolute atomic E-state index is 14.2. The third kappa shape index (κ3) is 4.71. The zero-order valence-corrected chi connectivity index (χ0v) is 15.8. The van der Waals surface area contributed by atoms with E-state index < -0.39 is 5.82 Å². The van der Waals surface area contributed by atoms with E-state index in [4.69, 9.17) is 9.47 Å². The van der Waals surface area contributed by atoms with Crippen LogP contribution in [0.4, 0.5) is 10.3 Å². The number of ether oxygens (including phenoxy) is 2. The molecule has 0 unspecified atom stereocenters. The summed E-state index contributed by atoms with van der Waals surface area (Å²) >= 11 is 0. The second kappa shape index (κ2) is 8.61. The Morgan fingerprint density at radius 3 is 2.67 bits per heavy atom. The second-order valence-electron chi connectivity index (χ2n) is 7.24. The minimum Gasteiger partial charge on any atom is -0.469 e. The fourth-order valence-corrected chi connectivity index (χ4v) is 3.45. The predicted octanol–water partition coefficient (Wildman–Crippen LogP) is 3.61. The fraction of sp³-hybridized carbons (Fsp3) is 0.550. The number of methoxy groups -OCH3 is 1. The lowest BCUT2D eigenvalue weighted by Crippen LogP contribution is -2.30. The van der Waals surface area contributed by atoms with E-state index in [-0.39, 0.29) is 25.0 Å². The second-order valence-corrected chi connectivity index (χ2v) is 7.24. The van der Waals surface area contributed by atoms with Crippen LogP contribution in [-0.2, 0) is 14.3 Å². The number of carbonyl (C=O) groups excluding carboxylic acids is 1. The topological polar surface area (TPSA) is 73.3 Å². The van der Waals surface area contributed by atoms with Crippen LogP contribution in [0, 0.1) is 17.7 Å². The third-order valence-corrected chi connectivity index (χ3v) is 5.28. The normalized spacial score (nSPS) is 23.4. The summed E-state index contributed by atoms with van der Waals surface area (Å²) in [7, 11) is 1.42. The molecule has 1 saturated carbocycles. The van der Waals surface area contributed by atoms with Crippen LogP contribution < -0.4 is 5.32 Å². The van der Waals surface area contributed by atoms with Crippen LogP contribution in [-0.4, -0.2) is 42.3 Å². The van der Waals surface area contributed by atoms with Gasteiger partial charge in [-0.25, -0.2) is 14.4 Å². The third-order valence-electron chi connectivity index (χ3n) is 5.28. The molecule has 148 valence electrons. The van der Waals surface area contributed by atoms with E-state index in [2.05, 4.69) is 21.9 Å². The Balaban J connectivity index is 0.00000280. The molecule has 3 rings (SSSR count). The first kappa shape index (κ1) is 19.5. The van der Waals surface area contributed by atoms with Gasteiger partial charge in [0, 0.05) is 13.4 Å². The Morgan fingerprint density at radius 1 is 1.37 bits per heavy atom. The Hall–Kier alpha value is -2.28. The molecule has 1 saturated heterocycles. The number of hydrogen-bond acceptors (Lipinski definition) is 6. The summed E-state index contributed by atoms with van der Waals surface area (Å²) in [6, 6.07) is 0.163. The Morgan fingerprint density at radius 2 is 2.07 bits per heavy atom. The maximum Gasteiger partial charge on any atom is 0.308 e. The van der Waals surface area contributed by atoms with Crippen molar-refractivity contribution in [3.05, 3.63) is 35.9 Å². The van der Waals surface area contributed by atoms with Crippen molar-refractivity contribution in [2.45, 2.75) is 38.6 Å². The molecule has 2 heterocycles. The van der Waals surface area contributed by atoms with Gasteiger partial charge in [0.2, 0.25) is 5.95 Å². The van der Waals surface area contributed by atoms with Crippen molar-refractivity contribution in [2.24, 2.45) is 11.8 Å². The monoisotopic (exact) mass is 377 g/mol. The van der Waals surface area contributed by atoms with E-state index in [0.717, 1.165) is 31.3 Å². The van der Waals surface area contributed by atoms with Crippen LogP contribution >= 0.6 is 0 Å². The number of hydrogen-bond donors (Lipinski definition) is 1. The number of nitrogens with one attached hydrogen (secondary N) is 1. The first-order valence-electron chi connectivity index (χ1n) is 9.30. The maximum atomic E-state index is 14.2. The van der Waals surface area contributed by atoms with E-state index in [1.807, 2.05) is 13.0 Å². The first-order valence-corrected chi connectivity index (χ1v) is 9.30. The van der Waals surface area contributed by atoms with E-state index in [9.17, 15) is 9.18 Å². The fourth-order valence-electron chi connectivity index (χ4n) is 3.45. The standard InChI is InChI=1S/C20H26FN3O3.H2/c1-12(15-10-27-11-15)8-13(2)18-17(21)9-22-20(24-18)23-16-6-4-14(5-7-16)19(25)26-3;/h8-9,14-16H,1,4-7,10-11H2,2-3H3,(H,22,23,24);1H/b13-8+;. The van der Waals surface area contributed by atoms with Crippen molar-refractivity contribution in [2.75, 3.05) is 25.6 Å². The van der Waals surface area contributed by atoms with Crippen molar-refractivity contribution >= 4 is 17.5 Å². The average molecular weight is 377 g/mol. The highest BCUT2D eigenvalue weighted by atomic mass is 19.1. The first-order chi connectivity index (χ1) is 13.0. The largest absolute Gasteiger partial charge is 0.469 e. The van der Waals surface area contributed by atoms with Crippen LogP contribution in [0.3, 0.4) is 0 Å². The molecule has 0 aromatic carbocycles. The lowest BCUT2D eigenvalue weighted by atomic mass is 9.86. The molecule has 2 fully saturated rings. The number of esters is 1. The molecule has 1 aromatic heterocycles. The lowest BCUT2D eigenvalue weighted by molar-refractivity contribution is -0.146. The quantitative estimate of drug-likeness (QED) is 0.603. The highest BCUT2D eigenvalue weighted by Crippen LogP contribution is 2.28. The Bertz CT molecular complexity index is 744. The molecule has 1 aliphatic carbocycles. The van der Waals surface area contributed by atoms with Crippen molar-refractivity contribution < 1.29 is 20.1 Å². The van der Waals surface area contributed by atoms with Crippen molar-refractivity contribution in [3.63, 3.8) is 0 Å². The van der Waals surface area contributed by atoms with E-state index in [0.29, 0.717) is 30.7 Å². The van der Waals surface area contributed by atoms with E-state index >= 15 is 0 Å². The van der Waals surface area contributed by atoms with Gasteiger partial charge in [-0.1, -0.05) is 12.7 Å². The molecule has 1 aliphatic heterocycles. The predicted molar refractivity (Wildman–Crippen MR) is 103 cm³/mol. The molecule has 0 bridgehead atoms. The summed E-state index contributed by atoms with van der Waals surface area (Å²) in [4.78, 5) is 20.1. The summed E-state index contributed by atoms with van der Waals surface area (Å²) in [6.45, 7) is 7.19. The highest BCUT2D eigenvalue weighted by molar-refractivity contribution is 5.72. The van der Waals surface area contributed by atoms with Crippen molar-refractivity contribution in [1.29, 1.82) is 0 Å². The summed E-state index contributed by atoms with van der Waals surface area (Å²) in [5.41, 5.74) is 1.91. The molecular weight excluding hydrogens is 349 g/mol. The molecule has 6 nitrogen and oxygen atoms in total. The van der Waals surface area contributed by atoms with Gasteiger partial charge in [-0.15, -0.1) is 0 Å². The Kier molecular flexibility index (Phi) is 6.21. The lowest BCUT2D eigenvalue weighted by Gasteiger charge is -2.27. The van der Waals surface area contributed by atoms with Crippen LogP contribution in [0.15, 0.2) is 24.4 Å². The molecule has 2 aliphatic rings. The van der Waals surface area contributed by atoms with Gasteiger partial charge in [-0.3, -0.25) is 4.79 Å². The number of anilines is 1. The molecular formula is C20H28FN3O3. The van der Waals surface area contributed by atoms with Gasteiger partial charge in [0.05, 0.1) is 32.4 Å². The number of nitrogens with zero attached hydrogens (tertiary/aromatic N) is 2. The SMILES string of the molecule is C=C(/C=C(\C)c1nc(NC2CCC(C(=O)OC)CC2)ncc1F)C1COC1.[HH]. The van der Waals surface area contributed by atoms with Gasteiger partial charge in [0.15, 0.2) is 5.82 Å². The van der Waals surface area contributed by atoms with Crippen LogP contribution in [0.1, 0.15) is 39.7 Å². The van der Waals surface area contributed by atoms with Crippen molar-refractivity contribution in [1.82, 2.24) is 9.97 Å². The smallest absolute Gasteiger partial charge is 0.308 e. The zero-order valence-electron chi connectivity index (χ0n) is 15.8. The zero-order chi connectivity index (χ0) is 19.4. The summed E-state index contributed by atoms with van der Waals surface area (Å²) in [6.07, 6.45) is 6.23. The van der Waals surface area contributed by atoms with Gasteiger partial charge in [-0.05, 0) is 43.8 Å².